The van der Waals surface area contributed by atoms with Crippen molar-refractivity contribution in [3.8, 4) is 11.5 Å². The molecule has 104 valence electrons. The summed E-state index contributed by atoms with van der Waals surface area (Å²) in [6.07, 6.45) is 0. The van der Waals surface area contributed by atoms with Crippen molar-refractivity contribution in [3.05, 3.63) is 72.0 Å². The van der Waals surface area contributed by atoms with Crippen LogP contribution in [-0.4, -0.2) is 11.1 Å². The Bertz CT molecular complexity index is 810. The lowest BCUT2D eigenvalue weighted by Crippen LogP contribution is -1.95. The highest BCUT2D eigenvalue weighted by atomic mass is 19.1. The zero-order chi connectivity index (χ0) is 14.8. The monoisotopic (exact) mass is 282 g/mol. The number of fused-ring (bicyclic) bond motifs is 1. The number of carboxylic acids is 1. The van der Waals surface area contributed by atoms with Gasteiger partial charge in [0.1, 0.15) is 17.3 Å². The van der Waals surface area contributed by atoms with Crippen LogP contribution in [0, 0.1) is 5.82 Å². The van der Waals surface area contributed by atoms with Gasteiger partial charge in [0.05, 0.1) is 5.56 Å². The van der Waals surface area contributed by atoms with Crippen molar-refractivity contribution in [1.29, 1.82) is 0 Å². The van der Waals surface area contributed by atoms with E-state index in [0.29, 0.717) is 11.5 Å². The van der Waals surface area contributed by atoms with Crippen LogP contribution in [0.25, 0.3) is 10.8 Å². The summed E-state index contributed by atoms with van der Waals surface area (Å²) < 4.78 is 18.5. The first-order chi connectivity index (χ1) is 10.1. The molecule has 0 saturated heterocycles. The molecule has 0 radical (unpaired) electrons. The third-order valence-electron chi connectivity index (χ3n) is 3.11. The number of carboxylic acid groups (broad SMARTS) is 1. The second-order valence-corrected chi connectivity index (χ2v) is 4.58. The van der Waals surface area contributed by atoms with E-state index in [9.17, 15) is 9.18 Å². The molecule has 0 atom stereocenters. The summed E-state index contributed by atoms with van der Waals surface area (Å²) in [6, 6.07) is 16.0. The van der Waals surface area contributed by atoms with Crippen LogP contribution in [0.5, 0.6) is 11.5 Å². The molecule has 3 aromatic rings. The minimum absolute atomic E-state index is 0.245. The second kappa shape index (κ2) is 5.25. The van der Waals surface area contributed by atoms with Gasteiger partial charge in [0, 0.05) is 0 Å². The van der Waals surface area contributed by atoms with E-state index in [2.05, 4.69) is 0 Å². The summed E-state index contributed by atoms with van der Waals surface area (Å²) in [6.45, 7) is 0. The molecule has 0 unspecified atom stereocenters. The molecule has 0 aliphatic rings. The van der Waals surface area contributed by atoms with E-state index in [1.807, 2.05) is 6.07 Å². The zero-order valence-corrected chi connectivity index (χ0v) is 10.9. The number of hydrogen-bond acceptors (Lipinski definition) is 2. The van der Waals surface area contributed by atoms with E-state index in [4.69, 9.17) is 9.84 Å². The lowest BCUT2D eigenvalue weighted by atomic mass is 10.1. The van der Waals surface area contributed by atoms with Crippen LogP contribution in [0.4, 0.5) is 4.39 Å². The fraction of sp³-hybridized carbons (Fsp3) is 0. The van der Waals surface area contributed by atoms with Crippen LogP contribution in [0.3, 0.4) is 0 Å². The third-order valence-corrected chi connectivity index (χ3v) is 3.11. The number of carbonyl (C=O) groups is 1. The quantitative estimate of drug-likeness (QED) is 0.771. The highest BCUT2D eigenvalue weighted by molar-refractivity contribution is 5.94. The first-order valence-corrected chi connectivity index (χ1v) is 6.32. The standard InChI is InChI=1S/C17H11FO3/c18-14-4-7-15(8-5-14)21-16-6-3-11-9-13(17(19)20)2-1-12(11)10-16/h1-10H,(H,19,20). The zero-order valence-electron chi connectivity index (χ0n) is 10.9. The SMILES string of the molecule is O=C(O)c1ccc2cc(Oc3ccc(F)cc3)ccc2c1. The van der Waals surface area contributed by atoms with Crippen LogP contribution in [0.15, 0.2) is 60.7 Å². The maximum atomic E-state index is 12.8. The van der Waals surface area contributed by atoms with Crippen LogP contribution in [-0.2, 0) is 0 Å². The molecule has 0 aliphatic carbocycles. The van der Waals surface area contributed by atoms with Crippen LogP contribution in [0.2, 0.25) is 0 Å². The highest BCUT2D eigenvalue weighted by Crippen LogP contribution is 2.26. The van der Waals surface area contributed by atoms with Gasteiger partial charge in [-0.05, 0) is 59.3 Å². The Balaban J connectivity index is 1.92. The minimum Gasteiger partial charge on any atom is -0.478 e. The third kappa shape index (κ3) is 2.84. The van der Waals surface area contributed by atoms with Gasteiger partial charge in [-0.1, -0.05) is 12.1 Å². The first kappa shape index (κ1) is 13.1. The van der Waals surface area contributed by atoms with Crippen molar-refractivity contribution in [2.75, 3.05) is 0 Å². The van der Waals surface area contributed by atoms with E-state index in [1.165, 1.54) is 12.1 Å². The van der Waals surface area contributed by atoms with Gasteiger partial charge in [0.2, 0.25) is 0 Å². The molecule has 0 amide bonds. The normalized spacial score (nSPS) is 10.5. The number of halogens is 1. The summed E-state index contributed by atoms with van der Waals surface area (Å²) in [5.74, 6) is -0.124. The van der Waals surface area contributed by atoms with Crippen molar-refractivity contribution in [2.45, 2.75) is 0 Å². The maximum Gasteiger partial charge on any atom is 0.335 e. The molecule has 21 heavy (non-hydrogen) atoms. The lowest BCUT2D eigenvalue weighted by Gasteiger charge is -2.07. The largest absolute Gasteiger partial charge is 0.478 e. The van der Waals surface area contributed by atoms with Gasteiger partial charge in [0.25, 0.3) is 0 Å². The Hall–Kier alpha value is -2.88. The predicted octanol–water partition coefficient (Wildman–Crippen LogP) is 4.47. The topological polar surface area (TPSA) is 46.5 Å². The summed E-state index contributed by atoms with van der Waals surface area (Å²) in [5, 5.41) is 10.7. The summed E-state index contributed by atoms with van der Waals surface area (Å²) in [5.41, 5.74) is 0.245. The van der Waals surface area contributed by atoms with Crippen LogP contribution in [0.1, 0.15) is 10.4 Å². The molecule has 0 spiro atoms. The molecule has 0 aromatic heterocycles. The molecular formula is C17H11FO3. The molecule has 3 nitrogen and oxygen atoms in total. The number of benzene rings is 3. The molecule has 1 N–H and O–H groups in total. The number of aromatic carboxylic acids is 1. The Labute approximate surface area is 120 Å². The Morgan fingerprint density at radius 2 is 1.48 bits per heavy atom. The lowest BCUT2D eigenvalue weighted by molar-refractivity contribution is 0.0697. The van der Waals surface area contributed by atoms with Gasteiger partial charge in [-0.25, -0.2) is 9.18 Å². The van der Waals surface area contributed by atoms with Gasteiger partial charge < -0.3 is 9.84 Å². The molecule has 0 fully saturated rings. The summed E-state index contributed by atoms with van der Waals surface area (Å²) in [4.78, 5) is 10.9. The van der Waals surface area contributed by atoms with Gasteiger partial charge in [0.15, 0.2) is 0 Å². The number of ether oxygens (including phenoxy) is 1. The van der Waals surface area contributed by atoms with Gasteiger partial charge in [-0.3, -0.25) is 0 Å². The molecule has 0 bridgehead atoms. The molecule has 0 saturated carbocycles. The van der Waals surface area contributed by atoms with E-state index in [1.54, 1.807) is 42.5 Å². The smallest absolute Gasteiger partial charge is 0.335 e. The molecular weight excluding hydrogens is 271 g/mol. The average Bonchev–Trinajstić information content (AvgIpc) is 2.49. The number of hydrogen-bond donors (Lipinski definition) is 1. The van der Waals surface area contributed by atoms with Gasteiger partial charge in [-0.15, -0.1) is 0 Å². The fourth-order valence-corrected chi connectivity index (χ4v) is 2.06. The minimum atomic E-state index is -0.955. The Morgan fingerprint density at radius 1 is 0.857 bits per heavy atom. The van der Waals surface area contributed by atoms with Gasteiger partial charge >= 0.3 is 5.97 Å². The molecule has 0 aliphatic heterocycles. The van der Waals surface area contributed by atoms with Crippen molar-refractivity contribution in [2.24, 2.45) is 0 Å². The highest BCUT2D eigenvalue weighted by Gasteiger charge is 2.05. The van der Waals surface area contributed by atoms with E-state index in [-0.39, 0.29) is 11.4 Å². The molecule has 4 heteroatoms. The fourth-order valence-electron chi connectivity index (χ4n) is 2.06. The van der Waals surface area contributed by atoms with E-state index in [0.717, 1.165) is 10.8 Å². The Morgan fingerprint density at radius 3 is 2.19 bits per heavy atom. The number of rotatable bonds is 3. The predicted molar refractivity (Wildman–Crippen MR) is 77.4 cm³/mol. The maximum absolute atomic E-state index is 12.8. The van der Waals surface area contributed by atoms with Crippen molar-refractivity contribution in [3.63, 3.8) is 0 Å². The van der Waals surface area contributed by atoms with Crippen molar-refractivity contribution < 1.29 is 19.0 Å². The van der Waals surface area contributed by atoms with Crippen LogP contribution < -0.4 is 4.74 Å². The first-order valence-electron chi connectivity index (χ1n) is 6.32. The van der Waals surface area contributed by atoms with E-state index < -0.39 is 5.97 Å². The van der Waals surface area contributed by atoms with E-state index >= 15 is 0 Å². The van der Waals surface area contributed by atoms with Crippen LogP contribution >= 0.6 is 0 Å². The molecule has 3 rings (SSSR count). The average molecular weight is 282 g/mol. The van der Waals surface area contributed by atoms with Crippen molar-refractivity contribution >= 4 is 16.7 Å². The summed E-state index contributed by atoms with van der Waals surface area (Å²) >= 11 is 0. The molecule has 0 heterocycles. The van der Waals surface area contributed by atoms with Gasteiger partial charge in [-0.2, -0.15) is 0 Å². The van der Waals surface area contributed by atoms with Crippen molar-refractivity contribution in [1.82, 2.24) is 0 Å². The molecule has 3 aromatic carbocycles. The Kier molecular flexibility index (Phi) is 3.28. The second-order valence-electron chi connectivity index (χ2n) is 4.58. The summed E-state index contributed by atoms with van der Waals surface area (Å²) in [7, 11) is 0.